The second-order valence-corrected chi connectivity index (χ2v) is 6.17. The zero-order valence-electron chi connectivity index (χ0n) is 10.5. The van der Waals surface area contributed by atoms with Crippen molar-refractivity contribution < 1.29 is 5.11 Å². The van der Waals surface area contributed by atoms with Crippen LogP contribution in [-0.4, -0.2) is 10.7 Å². The maximum absolute atomic E-state index is 10.8. The minimum absolute atomic E-state index is 0.471. The Balaban J connectivity index is 2.11. The van der Waals surface area contributed by atoms with Crippen LogP contribution in [0.5, 0.6) is 0 Å². The average molecular weight is 297 g/mol. The summed E-state index contributed by atoms with van der Waals surface area (Å²) in [6.07, 6.45) is 6.49. The van der Waals surface area contributed by atoms with Gasteiger partial charge < -0.3 is 5.11 Å². The molecule has 0 aromatic heterocycles. The van der Waals surface area contributed by atoms with E-state index in [1.807, 2.05) is 0 Å². The van der Waals surface area contributed by atoms with Gasteiger partial charge in [-0.2, -0.15) is 0 Å². The van der Waals surface area contributed by atoms with Crippen molar-refractivity contribution in [2.75, 3.05) is 0 Å². The van der Waals surface area contributed by atoms with Crippen LogP contribution >= 0.6 is 15.9 Å². The first kappa shape index (κ1) is 13.1. The van der Waals surface area contributed by atoms with Crippen LogP contribution in [0.3, 0.4) is 0 Å². The number of hydrogen-bond donors (Lipinski definition) is 1. The molecule has 1 nitrogen and oxygen atoms in total. The molecule has 1 N–H and O–H groups in total. The molecule has 0 aliphatic heterocycles. The van der Waals surface area contributed by atoms with E-state index in [1.165, 1.54) is 24.8 Å². The lowest BCUT2D eigenvalue weighted by atomic mass is 9.71. The van der Waals surface area contributed by atoms with Gasteiger partial charge in [0.15, 0.2) is 0 Å². The van der Waals surface area contributed by atoms with E-state index in [1.54, 1.807) is 0 Å². The third-order valence-electron chi connectivity index (χ3n) is 4.09. The maximum atomic E-state index is 10.8. The lowest BCUT2D eigenvalue weighted by molar-refractivity contribution is -0.0491. The van der Waals surface area contributed by atoms with E-state index in [2.05, 4.69) is 47.1 Å². The summed E-state index contributed by atoms with van der Waals surface area (Å²) in [7, 11) is 0. The van der Waals surface area contributed by atoms with Crippen LogP contribution in [0.15, 0.2) is 28.7 Å². The Labute approximate surface area is 112 Å². The Hall–Kier alpha value is -0.340. The molecule has 2 heteroatoms. The Morgan fingerprint density at radius 2 is 2.00 bits per heavy atom. The molecule has 2 unspecified atom stereocenters. The molecule has 1 aliphatic carbocycles. The predicted octanol–water partition coefficient (Wildman–Crippen LogP) is 4.32. The van der Waals surface area contributed by atoms with E-state index in [0.717, 1.165) is 23.7 Å². The highest BCUT2D eigenvalue weighted by Gasteiger charge is 2.37. The lowest BCUT2D eigenvalue weighted by Gasteiger charge is -2.40. The molecule has 0 spiro atoms. The van der Waals surface area contributed by atoms with Gasteiger partial charge >= 0.3 is 0 Å². The summed E-state index contributed by atoms with van der Waals surface area (Å²) < 4.78 is 1.10. The normalized spacial score (nSPS) is 29.2. The first-order valence-corrected chi connectivity index (χ1v) is 7.40. The highest BCUT2D eigenvalue weighted by atomic mass is 79.9. The average Bonchev–Trinajstić information content (AvgIpc) is 2.32. The number of hydrogen-bond acceptors (Lipinski definition) is 1. The number of rotatable bonds is 3. The molecule has 1 aromatic carbocycles. The molecule has 1 saturated carbocycles. The number of benzene rings is 1. The monoisotopic (exact) mass is 296 g/mol. The summed E-state index contributed by atoms with van der Waals surface area (Å²) in [4.78, 5) is 0. The zero-order valence-corrected chi connectivity index (χ0v) is 12.0. The van der Waals surface area contributed by atoms with Gasteiger partial charge in [-0.05, 0) is 36.5 Å². The summed E-state index contributed by atoms with van der Waals surface area (Å²) in [6, 6.07) is 8.34. The summed E-state index contributed by atoms with van der Waals surface area (Å²) >= 11 is 3.45. The van der Waals surface area contributed by atoms with E-state index >= 15 is 0 Å². The SMILES string of the molecule is CCC1CCCCC1(O)Cc1ccc(Br)cc1. The van der Waals surface area contributed by atoms with Gasteiger partial charge in [-0.3, -0.25) is 0 Å². The Bertz CT molecular complexity index is 360. The molecular formula is C15H21BrO. The van der Waals surface area contributed by atoms with Gasteiger partial charge in [0.2, 0.25) is 0 Å². The van der Waals surface area contributed by atoms with Gasteiger partial charge in [-0.15, -0.1) is 0 Å². The summed E-state index contributed by atoms with van der Waals surface area (Å²) in [6.45, 7) is 2.20. The molecule has 0 saturated heterocycles. The van der Waals surface area contributed by atoms with Crippen molar-refractivity contribution in [3.8, 4) is 0 Å². The summed E-state index contributed by atoms with van der Waals surface area (Å²) in [5.74, 6) is 0.472. The van der Waals surface area contributed by atoms with Crippen molar-refractivity contribution in [2.24, 2.45) is 5.92 Å². The van der Waals surface area contributed by atoms with E-state index in [-0.39, 0.29) is 0 Å². The highest BCUT2D eigenvalue weighted by molar-refractivity contribution is 9.10. The summed E-state index contributed by atoms with van der Waals surface area (Å²) in [5.41, 5.74) is 0.775. The Morgan fingerprint density at radius 1 is 1.29 bits per heavy atom. The van der Waals surface area contributed by atoms with Gasteiger partial charge in [-0.1, -0.05) is 54.2 Å². The molecule has 2 rings (SSSR count). The van der Waals surface area contributed by atoms with Crippen molar-refractivity contribution in [1.29, 1.82) is 0 Å². The molecule has 1 aliphatic rings. The van der Waals surface area contributed by atoms with Gasteiger partial charge in [0, 0.05) is 10.9 Å². The summed E-state index contributed by atoms with van der Waals surface area (Å²) in [5, 5.41) is 10.8. The van der Waals surface area contributed by atoms with Gasteiger partial charge in [-0.25, -0.2) is 0 Å². The van der Waals surface area contributed by atoms with Crippen molar-refractivity contribution in [3.05, 3.63) is 34.3 Å². The zero-order chi connectivity index (χ0) is 12.3. The standard InChI is InChI=1S/C15H21BrO/c1-2-13-5-3-4-10-15(13,17)11-12-6-8-14(16)9-7-12/h6-9,13,17H,2-5,10-11H2,1H3. The second kappa shape index (κ2) is 5.53. The van der Waals surface area contributed by atoms with E-state index in [9.17, 15) is 5.11 Å². The predicted molar refractivity (Wildman–Crippen MR) is 75.0 cm³/mol. The van der Waals surface area contributed by atoms with Crippen molar-refractivity contribution in [2.45, 2.75) is 51.0 Å². The smallest absolute Gasteiger partial charge is 0.0715 e. The molecule has 0 amide bonds. The molecule has 1 fully saturated rings. The molecule has 94 valence electrons. The third-order valence-corrected chi connectivity index (χ3v) is 4.62. The quantitative estimate of drug-likeness (QED) is 0.880. The maximum Gasteiger partial charge on any atom is 0.0715 e. The number of halogens is 1. The Morgan fingerprint density at radius 3 is 2.65 bits per heavy atom. The topological polar surface area (TPSA) is 20.2 Å². The number of aliphatic hydroxyl groups is 1. The Kier molecular flexibility index (Phi) is 4.26. The van der Waals surface area contributed by atoms with Crippen LogP contribution in [0.1, 0.15) is 44.6 Å². The molecule has 0 radical (unpaired) electrons. The fourth-order valence-electron chi connectivity index (χ4n) is 3.07. The van der Waals surface area contributed by atoms with Crippen LogP contribution < -0.4 is 0 Å². The third kappa shape index (κ3) is 3.11. The van der Waals surface area contributed by atoms with E-state index in [4.69, 9.17) is 0 Å². The van der Waals surface area contributed by atoms with Crippen molar-refractivity contribution in [1.82, 2.24) is 0 Å². The van der Waals surface area contributed by atoms with Crippen LogP contribution in [-0.2, 0) is 6.42 Å². The van der Waals surface area contributed by atoms with Crippen molar-refractivity contribution in [3.63, 3.8) is 0 Å². The minimum Gasteiger partial charge on any atom is -0.389 e. The van der Waals surface area contributed by atoms with Crippen LogP contribution in [0.4, 0.5) is 0 Å². The van der Waals surface area contributed by atoms with Gasteiger partial charge in [0.25, 0.3) is 0 Å². The fourth-order valence-corrected chi connectivity index (χ4v) is 3.33. The molecular weight excluding hydrogens is 276 g/mol. The fraction of sp³-hybridized carbons (Fsp3) is 0.600. The minimum atomic E-state index is -0.471. The van der Waals surface area contributed by atoms with E-state index in [0.29, 0.717) is 5.92 Å². The van der Waals surface area contributed by atoms with Crippen LogP contribution in [0.25, 0.3) is 0 Å². The molecule has 17 heavy (non-hydrogen) atoms. The molecule has 0 heterocycles. The second-order valence-electron chi connectivity index (χ2n) is 5.26. The molecule has 1 aromatic rings. The molecule has 0 bridgehead atoms. The van der Waals surface area contributed by atoms with E-state index < -0.39 is 5.60 Å². The van der Waals surface area contributed by atoms with Crippen molar-refractivity contribution >= 4 is 15.9 Å². The first-order valence-electron chi connectivity index (χ1n) is 6.61. The highest BCUT2D eigenvalue weighted by Crippen LogP contribution is 2.38. The first-order chi connectivity index (χ1) is 8.14. The molecule has 2 atom stereocenters. The van der Waals surface area contributed by atoms with Gasteiger partial charge in [0.1, 0.15) is 0 Å². The van der Waals surface area contributed by atoms with Crippen LogP contribution in [0, 0.1) is 5.92 Å². The largest absolute Gasteiger partial charge is 0.389 e. The van der Waals surface area contributed by atoms with Crippen LogP contribution in [0.2, 0.25) is 0 Å². The van der Waals surface area contributed by atoms with Gasteiger partial charge in [0.05, 0.1) is 5.60 Å². The lowest BCUT2D eigenvalue weighted by Crippen LogP contribution is -2.42.